The van der Waals surface area contributed by atoms with Crippen molar-refractivity contribution in [3.63, 3.8) is 0 Å². The molecule has 24 heavy (non-hydrogen) atoms. The highest BCUT2D eigenvalue weighted by molar-refractivity contribution is 9.10. The van der Waals surface area contributed by atoms with Crippen LogP contribution >= 0.6 is 15.9 Å². The molecule has 2 aromatic rings. The molecule has 1 aromatic heterocycles. The van der Waals surface area contributed by atoms with Gasteiger partial charge >= 0.3 is 11.9 Å². The van der Waals surface area contributed by atoms with Crippen molar-refractivity contribution in [1.29, 1.82) is 0 Å². The van der Waals surface area contributed by atoms with Crippen LogP contribution in [0.1, 0.15) is 26.7 Å². The van der Waals surface area contributed by atoms with E-state index in [1.54, 1.807) is 24.3 Å². The van der Waals surface area contributed by atoms with Crippen molar-refractivity contribution in [2.75, 3.05) is 13.7 Å². The van der Waals surface area contributed by atoms with Crippen molar-refractivity contribution >= 4 is 33.8 Å². The van der Waals surface area contributed by atoms with Crippen LogP contribution in [0, 0.1) is 0 Å². The lowest BCUT2D eigenvalue weighted by Crippen LogP contribution is -2.30. The highest BCUT2D eigenvalue weighted by Gasteiger charge is 2.13. The maximum absolute atomic E-state index is 11.8. The van der Waals surface area contributed by atoms with Gasteiger partial charge in [0.25, 0.3) is 5.91 Å². The van der Waals surface area contributed by atoms with Crippen molar-refractivity contribution in [3.8, 4) is 0 Å². The highest BCUT2D eigenvalue weighted by Crippen LogP contribution is 2.11. The van der Waals surface area contributed by atoms with E-state index in [1.165, 1.54) is 19.2 Å². The highest BCUT2D eigenvalue weighted by atomic mass is 79.9. The van der Waals surface area contributed by atoms with Gasteiger partial charge in [-0.05, 0) is 36.4 Å². The number of furan rings is 1. The second kappa shape index (κ2) is 8.30. The van der Waals surface area contributed by atoms with E-state index < -0.39 is 11.9 Å². The first-order valence-corrected chi connectivity index (χ1v) is 7.65. The van der Waals surface area contributed by atoms with Gasteiger partial charge in [0, 0.05) is 10.0 Å². The third-order valence-electron chi connectivity index (χ3n) is 2.92. The molecule has 7 nitrogen and oxygen atoms in total. The minimum absolute atomic E-state index is 0.0205. The zero-order valence-corrected chi connectivity index (χ0v) is 14.3. The predicted molar refractivity (Wildman–Crippen MR) is 86.3 cm³/mol. The normalized spacial score (nSPS) is 10.1. The van der Waals surface area contributed by atoms with E-state index in [2.05, 4.69) is 26.0 Å². The Morgan fingerprint density at radius 2 is 1.83 bits per heavy atom. The van der Waals surface area contributed by atoms with Crippen LogP contribution in [0.25, 0.3) is 0 Å². The fourth-order valence-electron chi connectivity index (χ4n) is 1.72. The van der Waals surface area contributed by atoms with Crippen LogP contribution in [-0.4, -0.2) is 31.5 Å². The first kappa shape index (κ1) is 17.7. The van der Waals surface area contributed by atoms with E-state index in [0.29, 0.717) is 11.3 Å². The summed E-state index contributed by atoms with van der Waals surface area (Å²) in [5.74, 6) is -1.31. The monoisotopic (exact) mass is 395 g/mol. The summed E-state index contributed by atoms with van der Waals surface area (Å²) in [7, 11) is 1.23. The molecule has 0 unspecified atom stereocenters. The molecule has 0 aliphatic heterocycles. The first-order chi connectivity index (χ1) is 11.5. The fraction of sp³-hybridized carbons (Fsp3) is 0.188. The van der Waals surface area contributed by atoms with Gasteiger partial charge in [-0.1, -0.05) is 15.9 Å². The SMILES string of the molecule is COC(=O)c1ccc(COC(=O)CNC(=O)c2ccc(Br)cc2)o1. The maximum atomic E-state index is 11.8. The minimum atomic E-state index is -0.628. The molecular weight excluding hydrogens is 382 g/mol. The van der Waals surface area contributed by atoms with Gasteiger partial charge in [0.15, 0.2) is 0 Å². The molecule has 8 heteroatoms. The molecule has 1 aromatic carbocycles. The Kier molecular flexibility index (Phi) is 6.14. The molecule has 1 N–H and O–H groups in total. The molecule has 2 rings (SSSR count). The van der Waals surface area contributed by atoms with Gasteiger partial charge in [0.1, 0.15) is 18.9 Å². The molecule has 0 aliphatic rings. The third kappa shape index (κ3) is 4.95. The number of hydrogen-bond donors (Lipinski definition) is 1. The number of esters is 2. The average Bonchev–Trinajstić information content (AvgIpc) is 3.06. The van der Waals surface area contributed by atoms with Crippen LogP contribution in [0.5, 0.6) is 0 Å². The Hall–Kier alpha value is -2.61. The van der Waals surface area contributed by atoms with Crippen molar-refractivity contribution in [3.05, 3.63) is 58.0 Å². The zero-order valence-electron chi connectivity index (χ0n) is 12.7. The summed E-state index contributed by atoms with van der Waals surface area (Å²) in [5, 5.41) is 2.45. The molecular formula is C16H14BrNO6. The predicted octanol–water partition coefficient (Wildman–Crippen LogP) is 2.30. The second-order valence-corrected chi connectivity index (χ2v) is 5.52. The lowest BCUT2D eigenvalue weighted by molar-refractivity contribution is -0.144. The number of halogens is 1. The van der Waals surface area contributed by atoms with E-state index in [9.17, 15) is 14.4 Å². The Bertz CT molecular complexity index is 737. The zero-order chi connectivity index (χ0) is 17.5. The van der Waals surface area contributed by atoms with E-state index in [4.69, 9.17) is 9.15 Å². The molecule has 0 saturated carbocycles. The quantitative estimate of drug-likeness (QED) is 0.753. The lowest BCUT2D eigenvalue weighted by atomic mass is 10.2. The lowest BCUT2D eigenvalue weighted by Gasteiger charge is -2.05. The van der Waals surface area contributed by atoms with Crippen LogP contribution < -0.4 is 5.32 Å². The topological polar surface area (TPSA) is 94.8 Å². The molecule has 0 bridgehead atoms. The first-order valence-electron chi connectivity index (χ1n) is 6.86. The van der Waals surface area contributed by atoms with Crippen molar-refractivity contribution in [2.45, 2.75) is 6.61 Å². The van der Waals surface area contributed by atoms with Gasteiger partial charge in [-0.25, -0.2) is 4.79 Å². The van der Waals surface area contributed by atoms with Crippen LogP contribution in [0.2, 0.25) is 0 Å². The Balaban J connectivity index is 1.77. The summed E-state index contributed by atoms with van der Waals surface area (Å²) in [6.45, 7) is -0.427. The number of carbonyl (C=O) groups is 3. The van der Waals surface area contributed by atoms with Crippen molar-refractivity contribution < 1.29 is 28.3 Å². The number of rotatable bonds is 6. The van der Waals surface area contributed by atoms with E-state index in [-0.39, 0.29) is 24.8 Å². The Morgan fingerprint density at radius 1 is 1.12 bits per heavy atom. The molecule has 1 amide bonds. The number of amides is 1. The van der Waals surface area contributed by atoms with Crippen molar-refractivity contribution in [2.24, 2.45) is 0 Å². The minimum Gasteiger partial charge on any atom is -0.463 e. The van der Waals surface area contributed by atoms with Gasteiger partial charge in [-0.3, -0.25) is 9.59 Å². The second-order valence-electron chi connectivity index (χ2n) is 4.61. The summed E-state index contributed by atoms with van der Waals surface area (Å²) in [6.07, 6.45) is 0. The number of nitrogens with one attached hydrogen (secondary N) is 1. The van der Waals surface area contributed by atoms with Gasteiger partial charge in [-0.15, -0.1) is 0 Å². The fourth-order valence-corrected chi connectivity index (χ4v) is 1.99. The molecule has 0 saturated heterocycles. The van der Waals surface area contributed by atoms with Crippen LogP contribution in [0.15, 0.2) is 45.3 Å². The average molecular weight is 396 g/mol. The molecule has 1 heterocycles. The molecule has 0 fully saturated rings. The number of methoxy groups -OCH3 is 1. The van der Waals surface area contributed by atoms with Gasteiger partial charge in [0.2, 0.25) is 5.76 Å². The number of carbonyl (C=O) groups excluding carboxylic acids is 3. The Labute approximate surface area is 146 Å². The molecule has 0 aliphatic carbocycles. The number of ether oxygens (including phenoxy) is 2. The van der Waals surface area contributed by atoms with E-state index >= 15 is 0 Å². The third-order valence-corrected chi connectivity index (χ3v) is 3.45. The summed E-state index contributed by atoms with van der Waals surface area (Å²) in [4.78, 5) is 34.7. The molecule has 0 radical (unpaired) electrons. The van der Waals surface area contributed by atoms with Crippen molar-refractivity contribution in [1.82, 2.24) is 5.32 Å². The smallest absolute Gasteiger partial charge is 0.373 e. The van der Waals surface area contributed by atoms with Gasteiger partial charge < -0.3 is 19.2 Å². The van der Waals surface area contributed by atoms with E-state index in [0.717, 1.165) is 4.47 Å². The number of hydrogen-bond acceptors (Lipinski definition) is 6. The van der Waals surface area contributed by atoms with Gasteiger partial charge in [-0.2, -0.15) is 0 Å². The molecule has 0 atom stereocenters. The van der Waals surface area contributed by atoms with E-state index in [1.807, 2.05) is 0 Å². The van der Waals surface area contributed by atoms with Gasteiger partial charge in [0.05, 0.1) is 7.11 Å². The molecule has 126 valence electrons. The summed E-state index contributed by atoms with van der Waals surface area (Å²) < 4.78 is 15.5. The number of benzene rings is 1. The molecule has 0 spiro atoms. The maximum Gasteiger partial charge on any atom is 0.373 e. The standard InChI is InChI=1S/C16H14BrNO6/c1-22-16(21)13-7-6-12(24-13)9-23-14(19)8-18-15(20)10-2-4-11(17)5-3-10/h2-7H,8-9H2,1H3,(H,18,20). The van der Waals surface area contributed by atoms with Crippen LogP contribution in [0.3, 0.4) is 0 Å². The van der Waals surface area contributed by atoms with Crippen LogP contribution in [-0.2, 0) is 20.9 Å². The summed E-state index contributed by atoms with van der Waals surface area (Å²) in [5.41, 5.74) is 0.430. The Morgan fingerprint density at radius 3 is 2.50 bits per heavy atom. The largest absolute Gasteiger partial charge is 0.463 e. The summed E-state index contributed by atoms with van der Waals surface area (Å²) in [6, 6.07) is 9.63. The van der Waals surface area contributed by atoms with Crippen LogP contribution in [0.4, 0.5) is 0 Å². The summed E-state index contributed by atoms with van der Waals surface area (Å²) >= 11 is 3.27.